The van der Waals surface area contributed by atoms with E-state index in [1.165, 1.54) is 25.1 Å². The Bertz CT molecular complexity index is 592. The van der Waals surface area contributed by atoms with Crippen molar-refractivity contribution in [2.75, 3.05) is 5.32 Å². The average molecular weight is 360 g/mol. The average Bonchev–Trinajstić information content (AvgIpc) is 2.40. The summed E-state index contributed by atoms with van der Waals surface area (Å²) in [4.78, 5) is 33.0. The van der Waals surface area contributed by atoms with Gasteiger partial charge in [0.25, 0.3) is 5.69 Å². The van der Waals surface area contributed by atoms with E-state index in [2.05, 4.69) is 26.6 Å². The number of urea groups is 1. The number of halogens is 1. The summed E-state index contributed by atoms with van der Waals surface area (Å²) in [6.45, 7) is 3.02. The number of hydrogen-bond acceptors (Lipinski definition) is 4. The van der Waals surface area contributed by atoms with Crippen molar-refractivity contribution in [2.24, 2.45) is 0 Å². The lowest BCUT2D eigenvalue weighted by Gasteiger charge is -2.24. The summed E-state index contributed by atoms with van der Waals surface area (Å²) in [5.74, 6) is -1.15. The van der Waals surface area contributed by atoms with Crippen molar-refractivity contribution in [2.45, 2.75) is 25.8 Å². The van der Waals surface area contributed by atoms with Crippen LogP contribution in [0, 0.1) is 10.1 Å². The summed E-state index contributed by atoms with van der Waals surface area (Å²) in [6, 6.07) is 3.12. The fourth-order valence-corrected chi connectivity index (χ4v) is 1.88. The number of nitro benzene ring substituents is 1. The first-order valence-electron chi connectivity index (χ1n) is 5.96. The topological polar surface area (TPSA) is 122 Å². The molecule has 2 amide bonds. The van der Waals surface area contributed by atoms with E-state index in [0.717, 1.165) is 0 Å². The van der Waals surface area contributed by atoms with Crippen LogP contribution in [0.15, 0.2) is 22.7 Å². The van der Waals surface area contributed by atoms with E-state index >= 15 is 0 Å². The quantitative estimate of drug-likeness (QED) is 0.551. The summed E-state index contributed by atoms with van der Waals surface area (Å²) in [5.41, 5.74) is -1.23. The van der Waals surface area contributed by atoms with Crippen LogP contribution in [0.3, 0.4) is 0 Å². The standard InChI is InChI=1S/C12H14BrN3O5/c1-3-12(2,10(17)18)15-11(19)14-9-5-4-7(16(20)21)6-8(9)13/h4-6H,3H2,1-2H3,(H,17,18)(H2,14,15,19). The van der Waals surface area contributed by atoms with Crippen molar-refractivity contribution in [1.82, 2.24) is 5.32 Å². The van der Waals surface area contributed by atoms with Gasteiger partial charge < -0.3 is 15.7 Å². The van der Waals surface area contributed by atoms with Gasteiger partial charge in [-0.15, -0.1) is 0 Å². The fraction of sp³-hybridized carbons (Fsp3) is 0.333. The molecule has 0 fully saturated rings. The van der Waals surface area contributed by atoms with Crippen LogP contribution >= 0.6 is 15.9 Å². The molecule has 0 aliphatic heterocycles. The molecule has 1 rings (SSSR count). The van der Waals surface area contributed by atoms with E-state index in [-0.39, 0.29) is 12.1 Å². The molecule has 1 aromatic carbocycles. The van der Waals surface area contributed by atoms with Crippen LogP contribution in [0.5, 0.6) is 0 Å². The third-order valence-electron chi connectivity index (χ3n) is 2.98. The van der Waals surface area contributed by atoms with Crippen LogP contribution in [-0.2, 0) is 4.79 Å². The molecule has 21 heavy (non-hydrogen) atoms. The number of carbonyl (C=O) groups excluding carboxylic acids is 1. The minimum atomic E-state index is -1.39. The number of carbonyl (C=O) groups is 2. The molecule has 8 nitrogen and oxygen atoms in total. The zero-order chi connectivity index (χ0) is 16.2. The number of aliphatic carboxylic acids is 1. The van der Waals surface area contributed by atoms with Crippen LogP contribution in [0.25, 0.3) is 0 Å². The second kappa shape index (κ2) is 6.53. The van der Waals surface area contributed by atoms with Gasteiger partial charge in [0, 0.05) is 16.6 Å². The second-order valence-electron chi connectivity index (χ2n) is 4.49. The molecule has 0 aliphatic carbocycles. The van der Waals surface area contributed by atoms with Gasteiger partial charge >= 0.3 is 12.0 Å². The Balaban J connectivity index is 2.85. The van der Waals surface area contributed by atoms with Gasteiger partial charge in [0.05, 0.1) is 10.6 Å². The van der Waals surface area contributed by atoms with Crippen molar-refractivity contribution in [1.29, 1.82) is 0 Å². The Labute approximate surface area is 128 Å². The van der Waals surface area contributed by atoms with E-state index in [9.17, 15) is 19.7 Å². The minimum Gasteiger partial charge on any atom is -0.480 e. The zero-order valence-corrected chi connectivity index (χ0v) is 12.9. The molecule has 1 aromatic rings. The highest BCUT2D eigenvalue weighted by Gasteiger charge is 2.32. The van der Waals surface area contributed by atoms with Crippen LogP contribution in [-0.4, -0.2) is 27.6 Å². The first-order chi connectivity index (χ1) is 9.69. The zero-order valence-electron chi connectivity index (χ0n) is 11.3. The van der Waals surface area contributed by atoms with Gasteiger partial charge in [-0.2, -0.15) is 0 Å². The van der Waals surface area contributed by atoms with Gasteiger partial charge in [0.15, 0.2) is 0 Å². The van der Waals surface area contributed by atoms with Gasteiger partial charge in [-0.1, -0.05) is 6.92 Å². The Morgan fingerprint density at radius 2 is 2.10 bits per heavy atom. The molecular weight excluding hydrogens is 346 g/mol. The number of non-ortho nitro benzene ring substituents is 1. The second-order valence-corrected chi connectivity index (χ2v) is 5.35. The SMILES string of the molecule is CCC(C)(NC(=O)Nc1ccc([N+](=O)[O-])cc1Br)C(=O)O. The first kappa shape index (κ1) is 16.9. The number of nitro groups is 1. The molecule has 0 spiro atoms. The van der Waals surface area contributed by atoms with Crippen LogP contribution in [0.2, 0.25) is 0 Å². The van der Waals surface area contributed by atoms with Gasteiger partial charge in [-0.05, 0) is 35.3 Å². The minimum absolute atomic E-state index is 0.128. The van der Waals surface area contributed by atoms with E-state index in [0.29, 0.717) is 10.2 Å². The Morgan fingerprint density at radius 3 is 2.52 bits per heavy atom. The number of nitrogens with zero attached hydrogens (tertiary/aromatic N) is 1. The van der Waals surface area contributed by atoms with E-state index in [1.54, 1.807) is 6.92 Å². The van der Waals surface area contributed by atoms with Crippen molar-refractivity contribution in [3.63, 3.8) is 0 Å². The van der Waals surface area contributed by atoms with Crippen molar-refractivity contribution in [3.8, 4) is 0 Å². The molecule has 0 bridgehead atoms. The lowest BCUT2D eigenvalue weighted by Crippen LogP contribution is -2.53. The predicted molar refractivity (Wildman–Crippen MR) is 79.3 cm³/mol. The molecule has 0 saturated heterocycles. The summed E-state index contributed by atoms with van der Waals surface area (Å²) in [5, 5.41) is 24.5. The first-order valence-corrected chi connectivity index (χ1v) is 6.75. The highest BCUT2D eigenvalue weighted by Crippen LogP contribution is 2.27. The Hall–Kier alpha value is -2.16. The maximum Gasteiger partial charge on any atom is 0.329 e. The van der Waals surface area contributed by atoms with Crippen molar-refractivity contribution >= 4 is 39.3 Å². The molecule has 0 saturated carbocycles. The van der Waals surface area contributed by atoms with E-state index in [4.69, 9.17) is 5.11 Å². The third kappa shape index (κ3) is 4.15. The highest BCUT2D eigenvalue weighted by molar-refractivity contribution is 9.10. The van der Waals surface area contributed by atoms with E-state index < -0.39 is 22.5 Å². The van der Waals surface area contributed by atoms with Gasteiger partial charge in [-0.3, -0.25) is 10.1 Å². The number of rotatable bonds is 5. The molecule has 1 unspecified atom stereocenters. The maximum atomic E-state index is 11.8. The summed E-state index contributed by atoms with van der Waals surface area (Å²) in [6.07, 6.45) is 0.206. The van der Waals surface area contributed by atoms with Crippen molar-refractivity contribution in [3.05, 3.63) is 32.8 Å². The molecule has 0 aliphatic rings. The smallest absolute Gasteiger partial charge is 0.329 e. The van der Waals surface area contributed by atoms with Gasteiger partial charge in [-0.25, -0.2) is 9.59 Å². The molecule has 9 heteroatoms. The molecule has 0 aromatic heterocycles. The number of amides is 2. The lowest BCUT2D eigenvalue weighted by atomic mass is 10.00. The molecule has 114 valence electrons. The molecule has 1 atom stereocenters. The molecule has 3 N–H and O–H groups in total. The summed E-state index contributed by atoms with van der Waals surface area (Å²) < 4.78 is 0.320. The van der Waals surface area contributed by atoms with Crippen LogP contribution in [0.1, 0.15) is 20.3 Å². The van der Waals surface area contributed by atoms with Crippen LogP contribution in [0.4, 0.5) is 16.2 Å². The summed E-state index contributed by atoms with van der Waals surface area (Å²) >= 11 is 3.11. The van der Waals surface area contributed by atoms with Crippen LogP contribution < -0.4 is 10.6 Å². The van der Waals surface area contributed by atoms with Crippen molar-refractivity contribution < 1.29 is 19.6 Å². The number of carboxylic acids is 1. The fourth-order valence-electron chi connectivity index (χ4n) is 1.42. The number of nitrogens with one attached hydrogen (secondary N) is 2. The third-order valence-corrected chi connectivity index (χ3v) is 3.64. The molecule has 0 heterocycles. The number of hydrogen-bond donors (Lipinski definition) is 3. The lowest BCUT2D eigenvalue weighted by molar-refractivity contribution is -0.384. The highest BCUT2D eigenvalue weighted by atomic mass is 79.9. The maximum absolute atomic E-state index is 11.8. The Kier molecular flexibility index (Phi) is 5.25. The molecular formula is C12H14BrN3O5. The van der Waals surface area contributed by atoms with E-state index in [1.807, 2.05) is 0 Å². The van der Waals surface area contributed by atoms with Gasteiger partial charge in [0.1, 0.15) is 5.54 Å². The molecule has 0 radical (unpaired) electrons. The normalized spacial score (nSPS) is 13.1. The monoisotopic (exact) mass is 359 g/mol. The largest absolute Gasteiger partial charge is 0.480 e. The Morgan fingerprint density at radius 1 is 1.48 bits per heavy atom. The van der Waals surface area contributed by atoms with Gasteiger partial charge in [0.2, 0.25) is 0 Å². The number of carboxylic acid groups (broad SMARTS) is 1. The summed E-state index contributed by atoms with van der Waals surface area (Å²) in [7, 11) is 0. The number of anilines is 1. The number of benzene rings is 1. The predicted octanol–water partition coefficient (Wildman–Crippen LogP) is 2.73.